The van der Waals surface area contributed by atoms with Crippen LogP contribution in [0.1, 0.15) is 24.6 Å². The van der Waals surface area contributed by atoms with Gasteiger partial charge in [0.05, 0.1) is 10.8 Å². The van der Waals surface area contributed by atoms with Crippen molar-refractivity contribution in [2.75, 3.05) is 11.1 Å². The number of carbonyl (C=O) groups is 2. The molecule has 1 heterocycles. The number of thioether (sulfide) groups is 1. The molecule has 1 N–H and O–H groups in total. The molecule has 0 aliphatic heterocycles. The number of anilines is 1. The molecule has 3 aromatic rings. The molecule has 0 spiro atoms. The third-order valence-electron chi connectivity index (χ3n) is 3.85. The summed E-state index contributed by atoms with van der Waals surface area (Å²) in [5.41, 5.74) is 1.34. The Kier molecular flexibility index (Phi) is 6.84. The summed E-state index contributed by atoms with van der Waals surface area (Å²) in [7, 11) is 0. The van der Waals surface area contributed by atoms with Gasteiger partial charge in [-0.1, -0.05) is 60.6 Å². The van der Waals surface area contributed by atoms with Crippen molar-refractivity contribution in [2.24, 2.45) is 0 Å². The molecule has 0 saturated heterocycles. The predicted octanol–water partition coefficient (Wildman–Crippen LogP) is 4.77. The van der Waals surface area contributed by atoms with Crippen LogP contribution < -0.4 is 5.32 Å². The van der Waals surface area contributed by atoms with Crippen molar-refractivity contribution >= 4 is 40.9 Å². The van der Waals surface area contributed by atoms with Gasteiger partial charge < -0.3 is 5.32 Å². The van der Waals surface area contributed by atoms with Crippen LogP contribution in [-0.2, 0) is 4.79 Å². The zero-order chi connectivity index (χ0) is 19.9. The molecule has 0 bridgehead atoms. The van der Waals surface area contributed by atoms with Gasteiger partial charge in [0.2, 0.25) is 11.8 Å². The fourth-order valence-electron chi connectivity index (χ4n) is 2.58. The maximum atomic E-state index is 12.7. The van der Waals surface area contributed by atoms with Crippen LogP contribution in [0.3, 0.4) is 0 Å². The normalized spacial score (nSPS) is 10.6. The topological polar surface area (TPSA) is 76.9 Å². The second-order valence-electron chi connectivity index (χ2n) is 5.97. The van der Waals surface area contributed by atoms with E-state index in [9.17, 15) is 9.59 Å². The van der Waals surface area contributed by atoms with E-state index < -0.39 is 0 Å². The summed E-state index contributed by atoms with van der Waals surface area (Å²) in [5, 5.41) is 12.0. The SMILES string of the molecule is CCCC(=O)n1c(SCC(=O)Nc2ccccc2)nnc1-c1ccccc1Cl. The first kappa shape index (κ1) is 20.1. The number of hydrogen-bond acceptors (Lipinski definition) is 5. The monoisotopic (exact) mass is 414 g/mol. The van der Waals surface area contributed by atoms with Gasteiger partial charge in [-0.15, -0.1) is 10.2 Å². The highest BCUT2D eigenvalue weighted by Crippen LogP contribution is 2.29. The van der Waals surface area contributed by atoms with Crippen molar-refractivity contribution < 1.29 is 9.59 Å². The van der Waals surface area contributed by atoms with E-state index in [-0.39, 0.29) is 17.6 Å². The van der Waals surface area contributed by atoms with E-state index in [2.05, 4.69) is 15.5 Å². The summed E-state index contributed by atoms with van der Waals surface area (Å²) in [6.07, 6.45) is 1.04. The summed E-state index contributed by atoms with van der Waals surface area (Å²) in [4.78, 5) is 24.9. The van der Waals surface area contributed by atoms with Crippen LogP contribution in [0, 0.1) is 0 Å². The van der Waals surface area contributed by atoms with Crippen LogP contribution in [-0.4, -0.2) is 32.3 Å². The molecule has 0 atom stereocenters. The Morgan fingerprint density at radius 3 is 2.50 bits per heavy atom. The molecule has 28 heavy (non-hydrogen) atoms. The van der Waals surface area contributed by atoms with E-state index in [4.69, 9.17) is 11.6 Å². The van der Waals surface area contributed by atoms with Crippen LogP contribution in [0.25, 0.3) is 11.4 Å². The number of aromatic nitrogens is 3. The Morgan fingerprint density at radius 1 is 1.07 bits per heavy atom. The van der Waals surface area contributed by atoms with Gasteiger partial charge in [-0.2, -0.15) is 0 Å². The van der Waals surface area contributed by atoms with E-state index >= 15 is 0 Å². The van der Waals surface area contributed by atoms with Gasteiger partial charge in [0.1, 0.15) is 0 Å². The highest BCUT2D eigenvalue weighted by molar-refractivity contribution is 7.99. The van der Waals surface area contributed by atoms with E-state index in [1.807, 2.05) is 49.4 Å². The van der Waals surface area contributed by atoms with E-state index in [0.717, 1.165) is 11.8 Å². The van der Waals surface area contributed by atoms with Crippen LogP contribution >= 0.6 is 23.4 Å². The molecule has 2 aromatic carbocycles. The Bertz CT molecular complexity index is 975. The smallest absolute Gasteiger partial charge is 0.234 e. The molecule has 3 rings (SSSR count). The minimum Gasteiger partial charge on any atom is -0.325 e. The van der Waals surface area contributed by atoms with Crippen molar-refractivity contribution in [1.82, 2.24) is 14.8 Å². The van der Waals surface area contributed by atoms with E-state index in [1.54, 1.807) is 12.1 Å². The molecule has 1 amide bonds. The minimum absolute atomic E-state index is 0.106. The van der Waals surface area contributed by atoms with Gasteiger partial charge >= 0.3 is 0 Å². The predicted molar refractivity (Wildman–Crippen MR) is 112 cm³/mol. The summed E-state index contributed by atoms with van der Waals surface area (Å²) in [6, 6.07) is 16.4. The van der Waals surface area contributed by atoms with Gasteiger partial charge in [-0.25, -0.2) is 4.57 Å². The number of nitrogens with one attached hydrogen (secondary N) is 1. The molecular weight excluding hydrogens is 396 g/mol. The van der Waals surface area contributed by atoms with Gasteiger partial charge in [0, 0.05) is 17.7 Å². The first-order valence-corrected chi connectivity index (χ1v) is 10.2. The highest BCUT2D eigenvalue weighted by Gasteiger charge is 2.21. The summed E-state index contributed by atoms with van der Waals surface area (Å²) in [5.74, 6) is 0.172. The molecule has 0 aliphatic carbocycles. The van der Waals surface area contributed by atoms with Gasteiger partial charge in [-0.3, -0.25) is 9.59 Å². The number of nitrogens with zero attached hydrogens (tertiary/aromatic N) is 3. The average Bonchev–Trinajstić information content (AvgIpc) is 3.11. The van der Waals surface area contributed by atoms with Gasteiger partial charge in [0.15, 0.2) is 11.0 Å². The number of para-hydroxylation sites is 1. The van der Waals surface area contributed by atoms with Crippen molar-refractivity contribution in [3.63, 3.8) is 0 Å². The quantitative estimate of drug-likeness (QED) is 0.563. The highest BCUT2D eigenvalue weighted by atomic mass is 35.5. The Morgan fingerprint density at radius 2 is 1.79 bits per heavy atom. The largest absolute Gasteiger partial charge is 0.325 e. The van der Waals surface area contributed by atoms with E-state index in [0.29, 0.717) is 40.1 Å². The zero-order valence-electron chi connectivity index (χ0n) is 15.3. The number of carbonyl (C=O) groups excluding carboxylic acids is 2. The third-order valence-corrected chi connectivity index (χ3v) is 5.11. The van der Waals surface area contributed by atoms with Crippen LogP contribution in [0.15, 0.2) is 59.8 Å². The lowest BCUT2D eigenvalue weighted by Gasteiger charge is -2.09. The fourth-order valence-corrected chi connectivity index (χ4v) is 3.55. The average molecular weight is 415 g/mol. The number of amides is 1. The Labute approximate surface area is 172 Å². The lowest BCUT2D eigenvalue weighted by molar-refractivity contribution is -0.113. The van der Waals surface area contributed by atoms with Crippen LogP contribution in [0.5, 0.6) is 0 Å². The molecule has 6 nitrogen and oxygen atoms in total. The second-order valence-corrected chi connectivity index (χ2v) is 7.32. The van der Waals surface area contributed by atoms with Crippen LogP contribution in [0.4, 0.5) is 5.69 Å². The van der Waals surface area contributed by atoms with Crippen molar-refractivity contribution in [1.29, 1.82) is 0 Å². The van der Waals surface area contributed by atoms with Crippen LogP contribution in [0.2, 0.25) is 5.02 Å². The van der Waals surface area contributed by atoms with Gasteiger partial charge in [0.25, 0.3) is 0 Å². The molecule has 144 valence electrons. The first-order chi connectivity index (χ1) is 13.6. The lowest BCUT2D eigenvalue weighted by atomic mass is 10.2. The van der Waals surface area contributed by atoms with Crippen molar-refractivity contribution in [2.45, 2.75) is 24.9 Å². The summed E-state index contributed by atoms with van der Waals surface area (Å²) >= 11 is 7.44. The number of halogens is 1. The maximum Gasteiger partial charge on any atom is 0.234 e. The molecule has 0 saturated carbocycles. The van der Waals surface area contributed by atoms with Crippen molar-refractivity contribution in [3.05, 3.63) is 59.6 Å². The third kappa shape index (κ3) is 4.79. The molecule has 0 fully saturated rings. The molecule has 0 radical (unpaired) electrons. The van der Waals surface area contributed by atoms with Crippen molar-refractivity contribution in [3.8, 4) is 11.4 Å². The van der Waals surface area contributed by atoms with Gasteiger partial charge in [-0.05, 0) is 30.7 Å². The summed E-state index contributed by atoms with van der Waals surface area (Å²) < 4.78 is 1.45. The standard InChI is InChI=1S/C20H19ClN4O2S/c1-2-8-18(27)25-19(15-11-6-7-12-16(15)21)23-24-20(25)28-13-17(26)22-14-9-4-3-5-10-14/h3-7,9-12H,2,8,13H2,1H3,(H,22,26). The second kappa shape index (κ2) is 9.52. The first-order valence-electron chi connectivity index (χ1n) is 8.81. The number of benzene rings is 2. The van der Waals surface area contributed by atoms with E-state index in [1.165, 1.54) is 4.57 Å². The molecule has 0 aliphatic rings. The summed E-state index contributed by atoms with van der Waals surface area (Å²) in [6.45, 7) is 1.93. The fraction of sp³-hybridized carbons (Fsp3) is 0.200. The number of rotatable bonds is 7. The zero-order valence-corrected chi connectivity index (χ0v) is 16.8. The molecule has 8 heteroatoms. The minimum atomic E-state index is -0.187. The Balaban J connectivity index is 1.81. The lowest BCUT2D eigenvalue weighted by Crippen LogP contribution is -2.16. The number of hydrogen-bond donors (Lipinski definition) is 1. The molecule has 1 aromatic heterocycles. The Hall–Kier alpha value is -2.64. The molecule has 0 unspecified atom stereocenters. The maximum absolute atomic E-state index is 12.7. The molecular formula is C20H19ClN4O2S.